The Morgan fingerprint density at radius 3 is 2.61 bits per heavy atom. The minimum Gasteiger partial charge on any atom is -0.481 e. The number of benzene rings is 1. The number of hydrogen-bond donors (Lipinski definition) is 4. The highest BCUT2D eigenvalue weighted by Crippen LogP contribution is 2.47. The van der Waals surface area contributed by atoms with Crippen molar-refractivity contribution in [2.24, 2.45) is 17.8 Å². The SMILES string of the molecule is CC[C@@H]1C[C@@H](C)CC/C=C\[C@@H]2C[C@@]2(C(=O)NS(=O)(=O)C2(C)CC2)NC(=O)[C@@H]2C[C@@H](Oc3nc(OC)cc4ccccc34)CN2C(=O)[C@H]1NC(=O)O. The number of nitrogens with one attached hydrogen (secondary N) is 3. The number of hydrogen-bond acceptors (Lipinski definition) is 9. The molecule has 15 heteroatoms. The fraction of sp³-hybridized carbons (Fsp3) is 0.583. The molecule has 0 unspecified atom stereocenters. The molecule has 2 aliphatic heterocycles. The summed E-state index contributed by atoms with van der Waals surface area (Å²) in [7, 11) is -2.51. The van der Waals surface area contributed by atoms with Gasteiger partial charge in [-0.3, -0.25) is 19.1 Å². The summed E-state index contributed by atoms with van der Waals surface area (Å²) >= 11 is 0. The lowest BCUT2D eigenvalue weighted by molar-refractivity contribution is -0.142. The first-order chi connectivity index (χ1) is 24.2. The molecule has 0 radical (unpaired) electrons. The average molecular weight is 726 g/mol. The van der Waals surface area contributed by atoms with Gasteiger partial charge < -0.3 is 30.1 Å². The maximum Gasteiger partial charge on any atom is 0.405 e. The molecule has 0 spiro atoms. The fourth-order valence-electron chi connectivity index (χ4n) is 7.44. The van der Waals surface area contributed by atoms with Gasteiger partial charge in [-0.2, -0.15) is 4.98 Å². The van der Waals surface area contributed by atoms with Crippen LogP contribution in [0.15, 0.2) is 42.5 Å². The minimum atomic E-state index is -4.00. The lowest BCUT2D eigenvalue weighted by atomic mass is 9.85. The number of carbonyl (C=O) groups is 4. The molecule has 7 atom stereocenters. The Bertz CT molecular complexity index is 1850. The number of carbonyl (C=O) groups excluding carboxylic acids is 3. The second-order valence-electron chi connectivity index (χ2n) is 14.8. The molecule has 4 N–H and O–H groups in total. The van der Waals surface area contributed by atoms with Gasteiger partial charge in [0.2, 0.25) is 33.6 Å². The van der Waals surface area contributed by atoms with Crippen molar-refractivity contribution in [2.45, 2.75) is 101 Å². The minimum absolute atomic E-state index is 0.00630. The first-order valence-corrected chi connectivity index (χ1v) is 19.1. The molecule has 0 bridgehead atoms. The normalized spacial score (nSPS) is 31.2. The largest absolute Gasteiger partial charge is 0.481 e. The van der Waals surface area contributed by atoms with E-state index in [0.717, 1.165) is 11.8 Å². The molecular formula is C36H47N5O9S. The van der Waals surface area contributed by atoms with E-state index in [-0.39, 0.29) is 37.1 Å². The van der Waals surface area contributed by atoms with Gasteiger partial charge in [0.05, 0.1) is 18.4 Å². The Hall–Kier alpha value is -4.40. The molecule has 4 amide bonds. The van der Waals surface area contributed by atoms with Crippen LogP contribution >= 0.6 is 0 Å². The molecule has 51 heavy (non-hydrogen) atoms. The maximum atomic E-state index is 14.5. The summed E-state index contributed by atoms with van der Waals surface area (Å²) in [5.74, 6) is -2.18. The molecule has 2 aromatic rings. The summed E-state index contributed by atoms with van der Waals surface area (Å²) in [5.41, 5.74) is -1.54. The number of amides is 4. The van der Waals surface area contributed by atoms with Crippen LogP contribution in [0.4, 0.5) is 4.79 Å². The Balaban J connectivity index is 1.36. The molecule has 3 fully saturated rings. The molecule has 276 valence electrons. The van der Waals surface area contributed by atoms with Gasteiger partial charge in [0.1, 0.15) is 23.7 Å². The topological polar surface area (TPSA) is 193 Å². The summed E-state index contributed by atoms with van der Waals surface area (Å²) in [5, 5.41) is 16.6. The summed E-state index contributed by atoms with van der Waals surface area (Å²) in [6.45, 7) is 5.47. The van der Waals surface area contributed by atoms with Crippen molar-refractivity contribution >= 4 is 44.6 Å². The third-order valence-corrected chi connectivity index (χ3v) is 13.2. The van der Waals surface area contributed by atoms with Gasteiger partial charge in [0.25, 0.3) is 5.91 Å². The van der Waals surface area contributed by atoms with Crippen molar-refractivity contribution < 1.29 is 42.2 Å². The van der Waals surface area contributed by atoms with E-state index < -0.39 is 68.2 Å². The summed E-state index contributed by atoms with van der Waals surface area (Å²) in [4.78, 5) is 60.6. The van der Waals surface area contributed by atoms with Crippen LogP contribution in [0.1, 0.15) is 72.1 Å². The van der Waals surface area contributed by atoms with Crippen LogP contribution in [0.3, 0.4) is 0 Å². The predicted molar refractivity (Wildman–Crippen MR) is 187 cm³/mol. The van der Waals surface area contributed by atoms with Gasteiger partial charge in [-0.25, -0.2) is 13.2 Å². The number of fused-ring (bicyclic) bond motifs is 3. The van der Waals surface area contributed by atoms with Crippen LogP contribution in [0.5, 0.6) is 11.8 Å². The van der Waals surface area contributed by atoms with Crippen LogP contribution in [0, 0.1) is 17.8 Å². The zero-order valence-electron chi connectivity index (χ0n) is 29.4. The van der Waals surface area contributed by atoms with Crippen molar-refractivity contribution in [2.75, 3.05) is 13.7 Å². The summed E-state index contributed by atoms with van der Waals surface area (Å²) in [6.07, 6.45) is 5.22. The zero-order chi connectivity index (χ0) is 36.7. The highest BCUT2D eigenvalue weighted by Gasteiger charge is 2.63. The zero-order valence-corrected chi connectivity index (χ0v) is 30.2. The second kappa shape index (κ2) is 14.0. The Kier molecular flexibility index (Phi) is 9.96. The maximum absolute atomic E-state index is 14.5. The van der Waals surface area contributed by atoms with Crippen molar-refractivity contribution in [3.05, 3.63) is 42.5 Å². The molecule has 14 nitrogen and oxygen atoms in total. The van der Waals surface area contributed by atoms with Crippen molar-refractivity contribution in [1.29, 1.82) is 0 Å². The van der Waals surface area contributed by atoms with Gasteiger partial charge in [-0.1, -0.05) is 50.6 Å². The van der Waals surface area contributed by atoms with Crippen LogP contribution in [-0.2, 0) is 24.4 Å². The number of pyridine rings is 1. The molecular weight excluding hydrogens is 678 g/mol. The molecule has 1 saturated heterocycles. The van der Waals surface area contributed by atoms with Gasteiger partial charge >= 0.3 is 6.09 Å². The monoisotopic (exact) mass is 725 g/mol. The lowest BCUT2D eigenvalue weighted by Gasteiger charge is -2.33. The van der Waals surface area contributed by atoms with E-state index in [1.807, 2.05) is 50.3 Å². The van der Waals surface area contributed by atoms with Crippen LogP contribution in [0.25, 0.3) is 10.8 Å². The first-order valence-electron chi connectivity index (χ1n) is 17.7. The number of nitrogens with zero attached hydrogens (tertiary/aromatic N) is 2. The van der Waals surface area contributed by atoms with E-state index in [1.165, 1.54) is 12.0 Å². The summed E-state index contributed by atoms with van der Waals surface area (Å²) in [6, 6.07) is 6.88. The van der Waals surface area contributed by atoms with Gasteiger partial charge in [-0.05, 0) is 68.7 Å². The molecule has 1 aromatic heterocycles. The number of sulfonamides is 1. The van der Waals surface area contributed by atoms with Crippen LogP contribution in [0.2, 0.25) is 0 Å². The van der Waals surface area contributed by atoms with E-state index in [9.17, 15) is 32.7 Å². The Labute approximate surface area is 297 Å². The summed E-state index contributed by atoms with van der Waals surface area (Å²) < 4.78 is 39.2. The van der Waals surface area contributed by atoms with E-state index in [4.69, 9.17) is 9.47 Å². The number of allylic oxidation sites excluding steroid dienone is 1. The average Bonchev–Trinajstić information content (AvgIpc) is 3.97. The van der Waals surface area contributed by atoms with Crippen molar-refractivity contribution in [3.8, 4) is 11.8 Å². The van der Waals surface area contributed by atoms with Crippen LogP contribution < -0.4 is 24.8 Å². The van der Waals surface area contributed by atoms with Gasteiger partial charge in [0, 0.05) is 23.8 Å². The standard InChI is InChI=1S/C36H47N5O9S/c1-5-22-16-21(2)10-6-8-12-24-19-36(24,33(44)40-51(47,48)35(3)14-15-35)39-30(42)27-18-25(20-41(27)32(43)29(22)38-34(45)46)50-31-26-13-9-7-11-23(26)17-28(37-31)49-4/h7-9,11-13,17,21-22,24-25,27,29,38H,5-6,10,14-16,18-20H2,1-4H3,(H,39,42)(H,40,44)(H,45,46)/b12-8-/t21-,22+,24+,25+,27-,29-,36+/m0/s1. The van der Waals surface area contributed by atoms with E-state index in [2.05, 4.69) is 20.3 Å². The molecule has 4 aliphatic rings. The van der Waals surface area contributed by atoms with E-state index in [0.29, 0.717) is 43.4 Å². The highest BCUT2D eigenvalue weighted by atomic mass is 32.2. The first kappa shape index (κ1) is 36.4. The number of ether oxygens (including phenoxy) is 2. The second-order valence-corrected chi connectivity index (χ2v) is 17.0. The van der Waals surface area contributed by atoms with E-state index in [1.54, 1.807) is 13.0 Å². The molecule has 3 heterocycles. The molecule has 6 rings (SSSR count). The quantitative estimate of drug-likeness (QED) is 0.293. The Morgan fingerprint density at radius 1 is 1.18 bits per heavy atom. The van der Waals surface area contributed by atoms with Gasteiger partial charge in [-0.15, -0.1) is 0 Å². The fourth-order valence-corrected chi connectivity index (χ4v) is 8.76. The lowest BCUT2D eigenvalue weighted by Crippen LogP contribution is -2.59. The van der Waals surface area contributed by atoms with Crippen LogP contribution in [-0.4, -0.2) is 89.4 Å². The molecule has 2 saturated carbocycles. The number of rotatable bonds is 8. The van der Waals surface area contributed by atoms with Gasteiger partial charge in [0.15, 0.2) is 0 Å². The highest BCUT2D eigenvalue weighted by molar-refractivity contribution is 7.91. The third-order valence-electron chi connectivity index (χ3n) is 11.1. The third kappa shape index (κ3) is 7.35. The number of aromatic nitrogens is 1. The molecule has 2 aliphatic carbocycles. The number of methoxy groups -OCH3 is 1. The predicted octanol–water partition coefficient (Wildman–Crippen LogP) is 3.50. The molecule has 1 aromatic carbocycles. The van der Waals surface area contributed by atoms with Crippen molar-refractivity contribution in [3.63, 3.8) is 0 Å². The van der Waals surface area contributed by atoms with Crippen molar-refractivity contribution in [1.82, 2.24) is 25.2 Å². The van der Waals surface area contributed by atoms with E-state index >= 15 is 0 Å². The Morgan fingerprint density at radius 2 is 1.92 bits per heavy atom. The smallest absolute Gasteiger partial charge is 0.405 e. The number of carboxylic acid groups (broad SMARTS) is 1.